The largest absolute Gasteiger partial charge is 0.461 e. The molecular weight excluding hydrogens is 220 g/mol. The predicted octanol–water partition coefficient (Wildman–Crippen LogP) is 2.34. The SMILES string of the molecule is CC(=O)Oc1cc(C)cc2oc(C)cc(=O)c12. The lowest BCUT2D eigenvalue weighted by Crippen LogP contribution is -2.07. The first-order valence-corrected chi connectivity index (χ1v) is 5.21. The van der Waals surface area contributed by atoms with Crippen LogP contribution in [0.25, 0.3) is 11.0 Å². The second-order valence-corrected chi connectivity index (χ2v) is 3.95. The van der Waals surface area contributed by atoms with Crippen LogP contribution in [0, 0.1) is 13.8 Å². The minimum absolute atomic E-state index is 0.208. The van der Waals surface area contributed by atoms with Crippen molar-refractivity contribution in [1.29, 1.82) is 0 Å². The maximum absolute atomic E-state index is 11.9. The minimum atomic E-state index is -0.461. The standard InChI is InChI=1S/C13H12O4/c1-7-4-11-13(10(15)6-8(2)16-11)12(5-7)17-9(3)14/h4-6H,1-3H3. The van der Waals surface area contributed by atoms with Crippen LogP contribution in [-0.2, 0) is 4.79 Å². The van der Waals surface area contributed by atoms with Crippen molar-refractivity contribution in [3.05, 3.63) is 39.7 Å². The second kappa shape index (κ2) is 4.05. The third-order valence-electron chi connectivity index (χ3n) is 2.32. The van der Waals surface area contributed by atoms with E-state index in [9.17, 15) is 9.59 Å². The van der Waals surface area contributed by atoms with Gasteiger partial charge in [-0.3, -0.25) is 9.59 Å². The summed E-state index contributed by atoms with van der Waals surface area (Å²) in [5.74, 6) is 0.319. The first-order chi connectivity index (χ1) is 7.97. The van der Waals surface area contributed by atoms with Crippen molar-refractivity contribution in [3.63, 3.8) is 0 Å². The van der Waals surface area contributed by atoms with E-state index in [0.717, 1.165) is 5.56 Å². The number of aryl methyl sites for hydroxylation is 2. The average molecular weight is 232 g/mol. The average Bonchev–Trinajstić information content (AvgIpc) is 2.13. The maximum atomic E-state index is 11.9. The predicted molar refractivity (Wildman–Crippen MR) is 63.3 cm³/mol. The highest BCUT2D eigenvalue weighted by atomic mass is 16.5. The van der Waals surface area contributed by atoms with Crippen LogP contribution >= 0.6 is 0 Å². The summed E-state index contributed by atoms with van der Waals surface area (Å²) in [4.78, 5) is 22.9. The molecule has 0 N–H and O–H groups in total. The molecule has 0 atom stereocenters. The molecule has 0 aliphatic rings. The molecular formula is C13H12O4. The van der Waals surface area contributed by atoms with E-state index in [4.69, 9.17) is 9.15 Å². The Morgan fingerprint density at radius 2 is 1.94 bits per heavy atom. The third-order valence-corrected chi connectivity index (χ3v) is 2.32. The van der Waals surface area contributed by atoms with E-state index in [1.54, 1.807) is 19.1 Å². The van der Waals surface area contributed by atoms with Gasteiger partial charge in [0.1, 0.15) is 22.5 Å². The number of hydrogen-bond donors (Lipinski definition) is 0. The first-order valence-electron chi connectivity index (χ1n) is 5.21. The smallest absolute Gasteiger partial charge is 0.308 e. The van der Waals surface area contributed by atoms with Crippen molar-refractivity contribution < 1.29 is 13.9 Å². The highest BCUT2D eigenvalue weighted by Gasteiger charge is 2.11. The lowest BCUT2D eigenvalue weighted by atomic mass is 10.1. The van der Waals surface area contributed by atoms with Gasteiger partial charge in [0.2, 0.25) is 0 Å². The van der Waals surface area contributed by atoms with Gasteiger partial charge in [0.05, 0.1) is 0 Å². The monoisotopic (exact) mass is 232 g/mol. The summed E-state index contributed by atoms with van der Waals surface area (Å²) in [6.45, 7) is 4.84. The summed E-state index contributed by atoms with van der Waals surface area (Å²) < 4.78 is 10.5. The van der Waals surface area contributed by atoms with Gasteiger partial charge in [-0.05, 0) is 31.5 Å². The molecule has 0 radical (unpaired) electrons. The molecule has 17 heavy (non-hydrogen) atoms. The molecule has 0 unspecified atom stereocenters. The number of fused-ring (bicyclic) bond motifs is 1. The van der Waals surface area contributed by atoms with Crippen LogP contribution in [0.5, 0.6) is 5.75 Å². The Labute approximate surface area is 97.8 Å². The molecule has 0 saturated heterocycles. The molecule has 0 saturated carbocycles. The molecule has 0 spiro atoms. The van der Waals surface area contributed by atoms with E-state index in [0.29, 0.717) is 16.7 Å². The number of esters is 1. The number of carbonyl (C=O) groups excluding carboxylic acids is 1. The molecule has 1 aromatic carbocycles. The van der Waals surface area contributed by atoms with E-state index in [1.165, 1.54) is 13.0 Å². The molecule has 0 bridgehead atoms. The summed E-state index contributed by atoms with van der Waals surface area (Å²) in [6.07, 6.45) is 0. The Morgan fingerprint density at radius 3 is 2.59 bits per heavy atom. The lowest BCUT2D eigenvalue weighted by molar-refractivity contribution is -0.131. The fourth-order valence-electron chi connectivity index (χ4n) is 1.74. The van der Waals surface area contributed by atoms with Gasteiger partial charge in [-0.1, -0.05) is 0 Å². The summed E-state index contributed by atoms with van der Waals surface area (Å²) in [5, 5.41) is 0.302. The van der Waals surface area contributed by atoms with Gasteiger partial charge in [-0.15, -0.1) is 0 Å². The zero-order chi connectivity index (χ0) is 12.6. The van der Waals surface area contributed by atoms with E-state index < -0.39 is 5.97 Å². The second-order valence-electron chi connectivity index (χ2n) is 3.95. The maximum Gasteiger partial charge on any atom is 0.308 e. The molecule has 4 heteroatoms. The highest BCUT2D eigenvalue weighted by molar-refractivity contribution is 5.86. The molecule has 0 aliphatic heterocycles. The number of rotatable bonds is 1. The van der Waals surface area contributed by atoms with Crippen molar-refractivity contribution in [2.45, 2.75) is 20.8 Å². The van der Waals surface area contributed by atoms with Gasteiger partial charge >= 0.3 is 5.97 Å². The summed E-state index contributed by atoms with van der Waals surface area (Å²) >= 11 is 0. The van der Waals surface area contributed by atoms with Gasteiger partial charge in [0.25, 0.3) is 0 Å². The molecule has 0 fully saturated rings. The van der Waals surface area contributed by atoms with Crippen LogP contribution < -0.4 is 10.2 Å². The Hall–Kier alpha value is -2.10. The normalized spacial score (nSPS) is 10.5. The van der Waals surface area contributed by atoms with E-state index >= 15 is 0 Å². The van der Waals surface area contributed by atoms with Gasteiger partial charge in [-0.2, -0.15) is 0 Å². The third kappa shape index (κ3) is 2.20. The van der Waals surface area contributed by atoms with Crippen LogP contribution in [0.1, 0.15) is 18.2 Å². The van der Waals surface area contributed by atoms with Gasteiger partial charge < -0.3 is 9.15 Å². The van der Waals surface area contributed by atoms with Crippen molar-refractivity contribution in [3.8, 4) is 5.75 Å². The molecule has 2 rings (SSSR count). The Balaban J connectivity index is 2.82. The van der Waals surface area contributed by atoms with Crippen molar-refractivity contribution >= 4 is 16.9 Å². The number of hydrogen-bond acceptors (Lipinski definition) is 4. The van der Waals surface area contributed by atoms with Gasteiger partial charge in [0.15, 0.2) is 5.43 Å². The van der Waals surface area contributed by atoms with Crippen LogP contribution in [0.3, 0.4) is 0 Å². The first kappa shape index (κ1) is 11.4. The summed E-state index contributed by atoms with van der Waals surface area (Å²) in [5.41, 5.74) is 1.09. The fraction of sp³-hybridized carbons (Fsp3) is 0.231. The molecule has 88 valence electrons. The minimum Gasteiger partial charge on any atom is -0.461 e. The molecule has 4 nitrogen and oxygen atoms in total. The molecule has 1 heterocycles. The Bertz CT molecular complexity index is 647. The van der Waals surface area contributed by atoms with Gasteiger partial charge in [-0.25, -0.2) is 0 Å². The zero-order valence-corrected chi connectivity index (χ0v) is 9.87. The van der Waals surface area contributed by atoms with Crippen LogP contribution in [0.4, 0.5) is 0 Å². The van der Waals surface area contributed by atoms with E-state index in [1.807, 2.05) is 6.92 Å². The van der Waals surface area contributed by atoms with E-state index in [2.05, 4.69) is 0 Å². The fourth-order valence-corrected chi connectivity index (χ4v) is 1.74. The Morgan fingerprint density at radius 1 is 1.24 bits per heavy atom. The lowest BCUT2D eigenvalue weighted by Gasteiger charge is -2.07. The quantitative estimate of drug-likeness (QED) is 0.559. The topological polar surface area (TPSA) is 56.5 Å². The molecule has 0 aliphatic carbocycles. The highest BCUT2D eigenvalue weighted by Crippen LogP contribution is 2.25. The number of carbonyl (C=O) groups is 1. The van der Waals surface area contributed by atoms with Gasteiger partial charge in [0, 0.05) is 13.0 Å². The summed E-state index contributed by atoms with van der Waals surface area (Å²) in [6, 6.07) is 4.78. The van der Waals surface area contributed by atoms with Crippen LogP contribution in [0.15, 0.2) is 27.4 Å². The molecule has 2 aromatic rings. The van der Waals surface area contributed by atoms with Crippen LogP contribution in [-0.4, -0.2) is 5.97 Å². The van der Waals surface area contributed by atoms with E-state index in [-0.39, 0.29) is 11.2 Å². The number of ether oxygens (including phenoxy) is 1. The van der Waals surface area contributed by atoms with Crippen molar-refractivity contribution in [2.24, 2.45) is 0 Å². The van der Waals surface area contributed by atoms with Crippen molar-refractivity contribution in [2.75, 3.05) is 0 Å². The number of benzene rings is 1. The van der Waals surface area contributed by atoms with Crippen molar-refractivity contribution in [1.82, 2.24) is 0 Å². The molecule has 1 aromatic heterocycles. The summed E-state index contributed by atoms with van der Waals surface area (Å²) in [7, 11) is 0. The zero-order valence-electron chi connectivity index (χ0n) is 9.87. The molecule has 0 amide bonds. The van der Waals surface area contributed by atoms with Crippen LogP contribution in [0.2, 0.25) is 0 Å². The Kier molecular flexibility index (Phi) is 2.71.